The van der Waals surface area contributed by atoms with Gasteiger partial charge in [-0.05, 0) is 6.42 Å². The Labute approximate surface area is 121 Å². The lowest BCUT2D eigenvalue weighted by Gasteiger charge is -2.04. The van der Waals surface area contributed by atoms with Crippen molar-refractivity contribution >= 4 is 10.0 Å². The smallest absolute Gasteiger partial charge is 0.243 e. The monoisotopic (exact) mass is 303 g/mol. The Bertz CT molecular complexity index is 471. The molecule has 7 heteroatoms. The summed E-state index contributed by atoms with van der Waals surface area (Å²) in [5.41, 5.74) is 0. The summed E-state index contributed by atoms with van der Waals surface area (Å²) in [4.78, 5) is 0.150. The summed E-state index contributed by atoms with van der Waals surface area (Å²) in [6.07, 6.45) is 9.47. The summed E-state index contributed by atoms with van der Waals surface area (Å²) < 4.78 is 27.9. The van der Waals surface area contributed by atoms with E-state index in [0.29, 0.717) is 13.1 Å². The first-order chi connectivity index (χ1) is 9.60. The largest absolute Gasteiger partial charge is 0.394 e. The van der Waals surface area contributed by atoms with Crippen LogP contribution in [0.1, 0.15) is 45.4 Å². The third-order valence-electron chi connectivity index (χ3n) is 3.07. The van der Waals surface area contributed by atoms with Gasteiger partial charge < -0.3 is 5.11 Å². The van der Waals surface area contributed by atoms with Crippen molar-refractivity contribution in [2.45, 2.75) is 56.9 Å². The van der Waals surface area contributed by atoms with Gasteiger partial charge in [-0.2, -0.15) is 5.10 Å². The maximum Gasteiger partial charge on any atom is 0.243 e. The lowest BCUT2D eigenvalue weighted by Crippen LogP contribution is -2.24. The lowest BCUT2D eigenvalue weighted by molar-refractivity contribution is 0.269. The van der Waals surface area contributed by atoms with Gasteiger partial charge in [0.15, 0.2) is 0 Å². The van der Waals surface area contributed by atoms with Crippen LogP contribution >= 0.6 is 0 Å². The Kier molecular flexibility index (Phi) is 7.79. The van der Waals surface area contributed by atoms with Gasteiger partial charge in [0.25, 0.3) is 0 Å². The topological polar surface area (TPSA) is 84.2 Å². The van der Waals surface area contributed by atoms with Crippen LogP contribution in [0.15, 0.2) is 17.3 Å². The number of hydrogen-bond donors (Lipinski definition) is 2. The number of unbranched alkanes of at least 4 members (excludes halogenated alkanes) is 5. The minimum Gasteiger partial charge on any atom is -0.394 e. The van der Waals surface area contributed by atoms with E-state index in [4.69, 9.17) is 5.11 Å². The molecule has 6 nitrogen and oxygen atoms in total. The maximum absolute atomic E-state index is 12.0. The molecule has 0 unspecified atom stereocenters. The molecule has 0 aliphatic heterocycles. The Balaban J connectivity index is 2.30. The molecule has 1 aromatic rings. The minimum absolute atomic E-state index is 0.0631. The molecule has 20 heavy (non-hydrogen) atoms. The Morgan fingerprint density at radius 3 is 2.65 bits per heavy atom. The van der Waals surface area contributed by atoms with Crippen LogP contribution in [0.3, 0.4) is 0 Å². The van der Waals surface area contributed by atoms with E-state index in [-0.39, 0.29) is 11.5 Å². The Morgan fingerprint density at radius 2 is 1.95 bits per heavy atom. The van der Waals surface area contributed by atoms with E-state index in [0.717, 1.165) is 19.3 Å². The van der Waals surface area contributed by atoms with Crippen LogP contribution in [0, 0.1) is 0 Å². The summed E-state index contributed by atoms with van der Waals surface area (Å²) in [5, 5.41) is 12.7. The highest BCUT2D eigenvalue weighted by atomic mass is 32.2. The molecule has 0 atom stereocenters. The van der Waals surface area contributed by atoms with Gasteiger partial charge in [0.2, 0.25) is 10.0 Å². The van der Waals surface area contributed by atoms with Gasteiger partial charge in [0.05, 0.1) is 19.3 Å². The molecular weight excluding hydrogens is 278 g/mol. The Hall–Kier alpha value is -0.920. The van der Waals surface area contributed by atoms with E-state index in [2.05, 4.69) is 16.7 Å². The van der Waals surface area contributed by atoms with E-state index < -0.39 is 10.0 Å². The van der Waals surface area contributed by atoms with Gasteiger partial charge in [-0.1, -0.05) is 39.0 Å². The standard InChI is InChI=1S/C13H25N3O3S/c1-2-3-4-5-6-7-8-15-20(18,19)13-11-14-16(12-13)9-10-17/h11-12,15,17H,2-10H2,1H3. The average Bonchev–Trinajstić information content (AvgIpc) is 2.88. The van der Waals surface area contributed by atoms with E-state index in [1.165, 1.54) is 36.3 Å². The molecular formula is C13H25N3O3S. The van der Waals surface area contributed by atoms with Crippen molar-refractivity contribution in [1.29, 1.82) is 0 Å². The van der Waals surface area contributed by atoms with Crippen LogP contribution in [0.4, 0.5) is 0 Å². The van der Waals surface area contributed by atoms with Gasteiger partial charge in [0, 0.05) is 12.7 Å². The number of aliphatic hydroxyl groups is 1. The van der Waals surface area contributed by atoms with Crippen LogP contribution in [0.5, 0.6) is 0 Å². The predicted octanol–water partition coefficient (Wildman–Crippen LogP) is 1.51. The lowest BCUT2D eigenvalue weighted by atomic mass is 10.1. The normalized spacial score (nSPS) is 11.9. The second-order valence-electron chi connectivity index (χ2n) is 4.83. The highest BCUT2D eigenvalue weighted by Crippen LogP contribution is 2.08. The molecule has 0 radical (unpaired) electrons. The number of nitrogens with one attached hydrogen (secondary N) is 1. The average molecular weight is 303 g/mol. The minimum atomic E-state index is -3.47. The first-order valence-corrected chi connectivity index (χ1v) is 8.71. The molecule has 1 heterocycles. The summed E-state index contributed by atoms with van der Waals surface area (Å²) in [6, 6.07) is 0. The van der Waals surface area contributed by atoms with Crippen molar-refractivity contribution < 1.29 is 13.5 Å². The van der Waals surface area contributed by atoms with Gasteiger partial charge >= 0.3 is 0 Å². The fourth-order valence-electron chi connectivity index (χ4n) is 1.90. The molecule has 116 valence electrons. The van der Waals surface area contributed by atoms with Crippen molar-refractivity contribution in [3.8, 4) is 0 Å². The molecule has 0 saturated carbocycles. The number of nitrogens with zero attached hydrogens (tertiary/aromatic N) is 2. The molecule has 0 fully saturated rings. The zero-order valence-corrected chi connectivity index (χ0v) is 12.9. The molecule has 1 rings (SSSR count). The van der Waals surface area contributed by atoms with Gasteiger partial charge in [0.1, 0.15) is 4.90 Å². The maximum atomic E-state index is 12.0. The predicted molar refractivity (Wildman–Crippen MR) is 77.9 cm³/mol. The number of rotatable bonds is 11. The van der Waals surface area contributed by atoms with Crippen molar-refractivity contribution in [2.24, 2.45) is 0 Å². The van der Waals surface area contributed by atoms with Crippen LogP contribution in [-0.4, -0.2) is 36.5 Å². The second kappa shape index (κ2) is 9.10. The molecule has 0 aromatic carbocycles. The molecule has 0 bridgehead atoms. The van der Waals surface area contributed by atoms with Crippen molar-refractivity contribution in [1.82, 2.24) is 14.5 Å². The van der Waals surface area contributed by atoms with Crippen molar-refractivity contribution in [3.63, 3.8) is 0 Å². The van der Waals surface area contributed by atoms with Crippen LogP contribution in [0.2, 0.25) is 0 Å². The number of hydrogen-bond acceptors (Lipinski definition) is 4. The summed E-state index contributed by atoms with van der Waals surface area (Å²) in [6.45, 7) is 2.87. The third-order valence-corrected chi connectivity index (χ3v) is 4.49. The molecule has 0 saturated heterocycles. The van der Waals surface area contributed by atoms with Gasteiger partial charge in [-0.3, -0.25) is 4.68 Å². The number of aliphatic hydroxyl groups excluding tert-OH is 1. The summed E-state index contributed by atoms with van der Waals surface area (Å²) in [5.74, 6) is 0. The quantitative estimate of drug-likeness (QED) is 0.607. The Morgan fingerprint density at radius 1 is 1.25 bits per heavy atom. The molecule has 2 N–H and O–H groups in total. The third kappa shape index (κ3) is 6.02. The zero-order valence-electron chi connectivity index (χ0n) is 12.1. The van der Waals surface area contributed by atoms with E-state index in [1.54, 1.807) is 0 Å². The fraction of sp³-hybridized carbons (Fsp3) is 0.769. The molecule has 0 amide bonds. The van der Waals surface area contributed by atoms with E-state index >= 15 is 0 Å². The first kappa shape index (κ1) is 17.1. The van der Waals surface area contributed by atoms with Crippen LogP contribution in [0.25, 0.3) is 0 Å². The first-order valence-electron chi connectivity index (χ1n) is 7.23. The number of sulfonamides is 1. The van der Waals surface area contributed by atoms with Gasteiger partial charge in [-0.25, -0.2) is 13.1 Å². The summed E-state index contributed by atoms with van der Waals surface area (Å²) >= 11 is 0. The molecule has 0 aliphatic carbocycles. The second-order valence-corrected chi connectivity index (χ2v) is 6.60. The highest BCUT2D eigenvalue weighted by molar-refractivity contribution is 7.89. The fourth-order valence-corrected chi connectivity index (χ4v) is 2.93. The summed E-state index contributed by atoms with van der Waals surface area (Å²) in [7, 11) is -3.47. The molecule has 1 aromatic heterocycles. The van der Waals surface area contributed by atoms with Crippen LogP contribution in [-0.2, 0) is 16.6 Å². The number of aromatic nitrogens is 2. The zero-order chi connectivity index (χ0) is 14.8. The van der Waals surface area contributed by atoms with Crippen molar-refractivity contribution in [2.75, 3.05) is 13.2 Å². The molecule has 0 aliphatic rings. The van der Waals surface area contributed by atoms with Crippen molar-refractivity contribution in [3.05, 3.63) is 12.4 Å². The molecule has 0 spiro atoms. The van der Waals surface area contributed by atoms with E-state index in [9.17, 15) is 8.42 Å². The van der Waals surface area contributed by atoms with Crippen LogP contribution < -0.4 is 4.72 Å². The highest BCUT2D eigenvalue weighted by Gasteiger charge is 2.15. The SMILES string of the molecule is CCCCCCCCNS(=O)(=O)c1cnn(CCO)c1. The van der Waals surface area contributed by atoms with Gasteiger partial charge in [-0.15, -0.1) is 0 Å². The van der Waals surface area contributed by atoms with E-state index in [1.807, 2.05) is 0 Å².